The molecule has 22 heavy (non-hydrogen) atoms. The second-order valence-electron chi connectivity index (χ2n) is 4.47. The molecular formula is C17H15NO3S. The lowest BCUT2D eigenvalue weighted by atomic mass is 10.2. The fourth-order valence-corrected chi connectivity index (χ4v) is 2.43. The van der Waals surface area contributed by atoms with Gasteiger partial charge in [0, 0.05) is 6.08 Å². The van der Waals surface area contributed by atoms with Crippen LogP contribution in [0.15, 0.2) is 72.1 Å². The summed E-state index contributed by atoms with van der Waals surface area (Å²) in [6, 6.07) is 18.1. The zero-order chi connectivity index (χ0) is 15.8. The first-order valence-electron chi connectivity index (χ1n) is 6.58. The third-order valence-corrected chi connectivity index (χ3v) is 3.69. The van der Waals surface area contributed by atoms with Crippen LogP contribution in [0.4, 0.5) is 0 Å². The van der Waals surface area contributed by atoms with E-state index in [4.69, 9.17) is 0 Å². The van der Waals surface area contributed by atoms with E-state index in [1.165, 1.54) is 12.2 Å². The molecule has 0 aliphatic rings. The largest absolute Gasteiger partial charge is 0.269 e. The summed E-state index contributed by atoms with van der Waals surface area (Å²) in [5.41, 5.74) is 1.55. The molecule has 1 amide bonds. The zero-order valence-electron chi connectivity index (χ0n) is 11.7. The van der Waals surface area contributed by atoms with Crippen molar-refractivity contribution in [1.29, 1.82) is 0 Å². The second-order valence-corrected chi connectivity index (χ2v) is 6.04. The Bertz CT molecular complexity index is 779. The highest BCUT2D eigenvalue weighted by Crippen LogP contribution is 2.03. The molecule has 112 valence electrons. The first kappa shape index (κ1) is 15.7. The van der Waals surface area contributed by atoms with Crippen molar-refractivity contribution >= 4 is 28.1 Å². The topological polar surface area (TPSA) is 63.2 Å². The van der Waals surface area contributed by atoms with Gasteiger partial charge in [0.15, 0.2) is 0 Å². The molecule has 0 atom stereocenters. The van der Waals surface area contributed by atoms with Gasteiger partial charge in [0.05, 0.1) is 5.41 Å². The predicted molar refractivity (Wildman–Crippen MR) is 88.0 cm³/mol. The summed E-state index contributed by atoms with van der Waals surface area (Å²) in [6.07, 6.45) is 4.16. The Morgan fingerprint density at radius 3 is 1.86 bits per heavy atom. The Hall–Kier alpha value is -2.66. The predicted octanol–water partition coefficient (Wildman–Crippen LogP) is 2.82. The molecule has 0 bridgehead atoms. The number of sulfonamides is 1. The van der Waals surface area contributed by atoms with Crippen molar-refractivity contribution in [3.8, 4) is 0 Å². The first-order valence-corrected chi connectivity index (χ1v) is 8.13. The van der Waals surface area contributed by atoms with Crippen molar-refractivity contribution in [1.82, 2.24) is 4.72 Å². The molecule has 2 aromatic rings. The zero-order valence-corrected chi connectivity index (χ0v) is 12.5. The molecule has 0 aliphatic carbocycles. The quantitative estimate of drug-likeness (QED) is 0.863. The summed E-state index contributed by atoms with van der Waals surface area (Å²) in [6.45, 7) is 0. The van der Waals surface area contributed by atoms with Gasteiger partial charge in [0.25, 0.3) is 15.9 Å². The van der Waals surface area contributed by atoms with Crippen molar-refractivity contribution in [3.63, 3.8) is 0 Å². The van der Waals surface area contributed by atoms with Crippen LogP contribution in [0.5, 0.6) is 0 Å². The minimum Gasteiger partial charge on any atom is -0.269 e. The average Bonchev–Trinajstić information content (AvgIpc) is 2.53. The van der Waals surface area contributed by atoms with Crippen LogP contribution >= 0.6 is 0 Å². The first-order chi connectivity index (χ1) is 10.6. The maximum atomic E-state index is 11.8. The molecule has 2 rings (SSSR count). The van der Waals surface area contributed by atoms with Crippen LogP contribution in [0.25, 0.3) is 12.2 Å². The molecule has 0 aliphatic heterocycles. The van der Waals surface area contributed by atoms with E-state index < -0.39 is 15.9 Å². The van der Waals surface area contributed by atoms with Gasteiger partial charge in [-0.2, -0.15) is 0 Å². The fourth-order valence-electron chi connectivity index (χ4n) is 1.68. The molecule has 5 heteroatoms. The monoisotopic (exact) mass is 313 g/mol. The van der Waals surface area contributed by atoms with Gasteiger partial charge in [-0.15, -0.1) is 0 Å². The van der Waals surface area contributed by atoms with Crippen LogP contribution in [-0.2, 0) is 14.8 Å². The maximum Gasteiger partial charge on any atom is 0.257 e. The Labute approximate surface area is 129 Å². The van der Waals surface area contributed by atoms with Gasteiger partial charge in [-0.05, 0) is 23.3 Å². The number of carbonyl (C=O) groups excluding carboxylic acids is 1. The second kappa shape index (κ2) is 7.38. The molecule has 0 saturated heterocycles. The number of hydrogen-bond acceptors (Lipinski definition) is 3. The molecule has 4 nitrogen and oxygen atoms in total. The van der Waals surface area contributed by atoms with Crippen LogP contribution in [0, 0.1) is 0 Å². The third-order valence-electron chi connectivity index (χ3n) is 2.71. The number of nitrogens with one attached hydrogen (secondary N) is 1. The standard InChI is InChI=1S/C17H15NO3S/c19-17(12-11-15-7-3-1-4-8-15)18-22(20,21)14-13-16-9-5-2-6-10-16/h1-14H,(H,18,19)/b12-11-,14-13+. The summed E-state index contributed by atoms with van der Waals surface area (Å²) < 4.78 is 25.5. The molecule has 0 heterocycles. The van der Waals surface area contributed by atoms with E-state index in [0.29, 0.717) is 0 Å². The molecule has 0 fully saturated rings. The van der Waals surface area contributed by atoms with E-state index in [2.05, 4.69) is 0 Å². The summed E-state index contributed by atoms with van der Waals surface area (Å²) in [7, 11) is -3.81. The van der Waals surface area contributed by atoms with Gasteiger partial charge >= 0.3 is 0 Å². The molecule has 2 aromatic carbocycles. The van der Waals surface area contributed by atoms with Crippen molar-refractivity contribution in [2.24, 2.45) is 0 Å². The summed E-state index contributed by atoms with van der Waals surface area (Å²) in [5, 5.41) is 0.969. The summed E-state index contributed by atoms with van der Waals surface area (Å²) >= 11 is 0. The third kappa shape index (κ3) is 5.38. The Morgan fingerprint density at radius 2 is 1.32 bits per heavy atom. The van der Waals surface area contributed by atoms with E-state index >= 15 is 0 Å². The lowest BCUT2D eigenvalue weighted by Gasteiger charge is -1.99. The van der Waals surface area contributed by atoms with Crippen LogP contribution in [0.1, 0.15) is 11.1 Å². The number of rotatable bonds is 5. The smallest absolute Gasteiger partial charge is 0.257 e. The molecular weight excluding hydrogens is 298 g/mol. The molecule has 0 unspecified atom stereocenters. The molecule has 0 spiro atoms. The van der Waals surface area contributed by atoms with Gasteiger partial charge in [0.1, 0.15) is 0 Å². The van der Waals surface area contributed by atoms with Crippen molar-refractivity contribution in [2.75, 3.05) is 0 Å². The van der Waals surface area contributed by atoms with E-state index in [-0.39, 0.29) is 0 Å². The lowest BCUT2D eigenvalue weighted by molar-refractivity contribution is -0.114. The van der Waals surface area contributed by atoms with Crippen molar-refractivity contribution in [2.45, 2.75) is 0 Å². The minimum atomic E-state index is -3.81. The number of hydrogen-bond donors (Lipinski definition) is 1. The molecule has 0 aromatic heterocycles. The molecule has 1 N–H and O–H groups in total. The van der Waals surface area contributed by atoms with Gasteiger partial charge in [0.2, 0.25) is 0 Å². The van der Waals surface area contributed by atoms with Gasteiger partial charge in [-0.1, -0.05) is 60.7 Å². The minimum absolute atomic E-state index is 0.693. The Kier molecular flexibility index (Phi) is 5.27. The van der Waals surface area contributed by atoms with E-state index in [1.807, 2.05) is 41.1 Å². The normalized spacial score (nSPS) is 11.8. The maximum absolute atomic E-state index is 11.8. The van der Waals surface area contributed by atoms with Crippen molar-refractivity contribution in [3.05, 3.63) is 83.3 Å². The van der Waals surface area contributed by atoms with Crippen molar-refractivity contribution < 1.29 is 13.2 Å². The number of benzene rings is 2. The Morgan fingerprint density at radius 1 is 0.818 bits per heavy atom. The highest BCUT2D eigenvalue weighted by Gasteiger charge is 2.08. The van der Waals surface area contributed by atoms with E-state index in [9.17, 15) is 13.2 Å². The SMILES string of the molecule is O=C(/C=C\c1ccccc1)NS(=O)(=O)/C=C/c1ccccc1. The Balaban J connectivity index is 1.98. The fraction of sp³-hybridized carbons (Fsp3) is 0. The summed E-state index contributed by atoms with van der Waals surface area (Å²) in [5.74, 6) is -0.693. The number of carbonyl (C=O) groups is 1. The van der Waals surface area contributed by atoms with Crippen LogP contribution < -0.4 is 4.72 Å². The van der Waals surface area contributed by atoms with Crippen LogP contribution in [-0.4, -0.2) is 14.3 Å². The van der Waals surface area contributed by atoms with Crippen LogP contribution in [0.2, 0.25) is 0 Å². The lowest BCUT2D eigenvalue weighted by Crippen LogP contribution is -2.26. The van der Waals surface area contributed by atoms with Crippen LogP contribution in [0.3, 0.4) is 0 Å². The van der Waals surface area contributed by atoms with Gasteiger partial charge in [-0.3, -0.25) is 4.79 Å². The van der Waals surface area contributed by atoms with E-state index in [1.54, 1.807) is 30.3 Å². The van der Waals surface area contributed by atoms with Gasteiger partial charge < -0.3 is 0 Å². The highest BCUT2D eigenvalue weighted by atomic mass is 32.2. The number of amides is 1. The average molecular weight is 313 g/mol. The highest BCUT2D eigenvalue weighted by molar-refractivity contribution is 7.93. The van der Waals surface area contributed by atoms with E-state index in [0.717, 1.165) is 16.5 Å². The molecule has 0 saturated carbocycles. The molecule has 0 radical (unpaired) electrons. The van der Waals surface area contributed by atoms with Gasteiger partial charge in [-0.25, -0.2) is 13.1 Å². The summed E-state index contributed by atoms with van der Waals surface area (Å²) in [4.78, 5) is 11.6.